The van der Waals surface area contributed by atoms with E-state index in [1.54, 1.807) is 0 Å². The van der Waals surface area contributed by atoms with Crippen LogP contribution in [0.3, 0.4) is 0 Å². The molecule has 6 heteroatoms. The van der Waals surface area contributed by atoms with Crippen LogP contribution in [0.1, 0.15) is 11.4 Å². The molecule has 0 atom stereocenters. The predicted molar refractivity (Wildman–Crippen MR) is 89.3 cm³/mol. The van der Waals surface area contributed by atoms with Crippen molar-refractivity contribution in [2.24, 2.45) is 0 Å². The van der Waals surface area contributed by atoms with E-state index in [0.717, 1.165) is 16.7 Å². The summed E-state index contributed by atoms with van der Waals surface area (Å²) in [5.41, 5.74) is 3.19. The molecule has 2 aromatic heterocycles. The number of aryl methyl sites for hydroxylation is 1. The fourth-order valence-electron chi connectivity index (χ4n) is 2.68. The van der Waals surface area contributed by atoms with Gasteiger partial charge in [-0.3, -0.25) is 9.36 Å². The van der Waals surface area contributed by atoms with Crippen molar-refractivity contribution < 1.29 is 4.39 Å². The Balaban J connectivity index is 1.82. The Morgan fingerprint density at radius 3 is 2.58 bits per heavy atom. The third kappa shape index (κ3) is 2.42. The molecule has 0 radical (unpaired) electrons. The fraction of sp³-hybridized carbons (Fsp3) is 0.111. The van der Waals surface area contributed by atoms with Crippen LogP contribution in [0.5, 0.6) is 0 Å². The molecule has 0 fully saturated rings. The minimum atomic E-state index is -0.414. The van der Waals surface area contributed by atoms with Gasteiger partial charge in [-0.2, -0.15) is 0 Å². The number of benzene rings is 2. The average Bonchev–Trinajstić information content (AvgIpc) is 2.58. The van der Waals surface area contributed by atoms with Crippen molar-refractivity contribution >= 4 is 21.9 Å². The number of rotatable bonds is 2. The summed E-state index contributed by atoms with van der Waals surface area (Å²) in [6, 6.07) is 11.6. The van der Waals surface area contributed by atoms with E-state index in [-0.39, 0.29) is 12.1 Å². The lowest BCUT2D eigenvalue weighted by atomic mass is 10.2. The Kier molecular flexibility index (Phi) is 3.30. The lowest BCUT2D eigenvalue weighted by Crippen LogP contribution is -2.22. The number of hydrogen-bond acceptors (Lipinski definition) is 4. The summed E-state index contributed by atoms with van der Waals surface area (Å²) in [6.45, 7) is 2.13. The molecule has 2 aromatic carbocycles. The summed E-state index contributed by atoms with van der Waals surface area (Å²) in [7, 11) is 0. The number of para-hydroxylation sites is 2. The molecule has 24 heavy (non-hydrogen) atoms. The minimum absolute atomic E-state index is 0.227. The molecule has 0 bridgehead atoms. The molecule has 4 aromatic rings. The number of aromatic nitrogens is 4. The van der Waals surface area contributed by atoms with Gasteiger partial charge in [0, 0.05) is 6.07 Å². The van der Waals surface area contributed by atoms with Crippen LogP contribution in [0, 0.1) is 12.7 Å². The van der Waals surface area contributed by atoms with E-state index in [9.17, 15) is 9.18 Å². The molecular formula is C18H13FN4O. The van der Waals surface area contributed by atoms with Gasteiger partial charge in [-0.25, -0.2) is 19.3 Å². The van der Waals surface area contributed by atoms with Crippen LogP contribution in [0.4, 0.5) is 4.39 Å². The molecule has 118 valence electrons. The van der Waals surface area contributed by atoms with Crippen molar-refractivity contribution in [2.45, 2.75) is 13.5 Å². The van der Waals surface area contributed by atoms with Gasteiger partial charge in [0.05, 0.1) is 46.2 Å². The Morgan fingerprint density at radius 1 is 1.04 bits per heavy atom. The molecule has 0 aliphatic rings. The first kappa shape index (κ1) is 14.4. The van der Waals surface area contributed by atoms with Crippen LogP contribution in [-0.4, -0.2) is 19.5 Å². The van der Waals surface area contributed by atoms with Gasteiger partial charge in [-0.05, 0) is 31.2 Å². The maximum atomic E-state index is 13.2. The molecular weight excluding hydrogens is 307 g/mol. The van der Waals surface area contributed by atoms with Gasteiger partial charge in [-0.1, -0.05) is 12.1 Å². The minimum Gasteiger partial charge on any atom is -0.293 e. The van der Waals surface area contributed by atoms with Gasteiger partial charge in [0.2, 0.25) is 0 Å². The first-order valence-electron chi connectivity index (χ1n) is 7.49. The van der Waals surface area contributed by atoms with E-state index in [2.05, 4.69) is 15.0 Å². The van der Waals surface area contributed by atoms with Crippen molar-refractivity contribution in [3.05, 3.63) is 76.4 Å². The molecule has 2 heterocycles. The quantitative estimate of drug-likeness (QED) is 0.570. The molecule has 0 N–H and O–H groups in total. The molecule has 0 aliphatic carbocycles. The third-order valence-electron chi connectivity index (χ3n) is 3.95. The number of nitrogens with zero attached hydrogens (tertiary/aromatic N) is 4. The van der Waals surface area contributed by atoms with Crippen molar-refractivity contribution in [3.63, 3.8) is 0 Å². The summed E-state index contributed by atoms with van der Waals surface area (Å²) in [4.78, 5) is 25.9. The van der Waals surface area contributed by atoms with Crippen molar-refractivity contribution in [1.82, 2.24) is 19.5 Å². The Labute approximate surface area is 136 Å². The van der Waals surface area contributed by atoms with Crippen LogP contribution >= 0.6 is 0 Å². The molecule has 5 nitrogen and oxygen atoms in total. The van der Waals surface area contributed by atoms with Crippen molar-refractivity contribution in [3.8, 4) is 0 Å². The average molecular weight is 320 g/mol. The zero-order valence-electron chi connectivity index (χ0n) is 12.9. The van der Waals surface area contributed by atoms with Crippen LogP contribution in [0.15, 0.2) is 53.6 Å². The molecule has 0 amide bonds. The van der Waals surface area contributed by atoms with Gasteiger partial charge in [0.25, 0.3) is 5.56 Å². The van der Waals surface area contributed by atoms with Crippen LogP contribution in [0.2, 0.25) is 0 Å². The van der Waals surface area contributed by atoms with E-state index in [1.807, 2.05) is 31.2 Å². The highest BCUT2D eigenvalue weighted by Crippen LogP contribution is 2.14. The normalized spacial score (nSPS) is 11.2. The Morgan fingerprint density at radius 2 is 1.79 bits per heavy atom. The topological polar surface area (TPSA) is 60.7 Å². The number of fused-ring (bicyclic) bond motifs is 2. The molecule has 0 unspecified atom stereocenters. The van der Waals surface area contributed by atoms with E-state index in [1.165, 1.54) is 29.1 Å². The highest BCUT2D eigenvalue weighted by Gasteiger charge is 2.09. The first-order valence-corrected chi connectivity index (χ1v) is 7.49. The maximum Gasteiger partial charge on any atom is 0.261 e. The molecule has 0 spiro atoms. The number of halogens is 1. The summed E-state index contributed by atoms with van der Waals surface area (Å²) >= 11 is 0. The zero-order valence-corrected chi connectivity index (χ0v) is 12.9. The summed E-state index contributed by atoms with van der Waals surface area (Å²) in [5.74, 6) is -0.414. The van der Waals surface area contributed by atoms with E-state index in [0.29, 0.717) is 16.6 Å². The standard InChI is InChI=1S/C18H13FN4O/c1-11-17(22-15-5-3-2-4-14(15)21-11)9-23-10-20-16-8-12(19)6-7-13(16)18(23)24/h2-8,10H,9H2,1H3. The van der Waals surface area contributed by atoms with E-state index >= 15 is 0 Å². The lowest BCUT2D eigenvalue weighted by Gasteiger charge is -2.09. The largest absolute Gasteiger partial charge is 0.293 e. The number of hydrogen-bond donors (Lipinski definition) is 0. The lowest BCUT2D eigenvalue weighted by molar-refractivity contribution is 0.629. The van der Waals surface area contributed by atoms with Gasteiger partial charge < -0.3 is 0 Å². The first-order chi connectivity index (χ1) is 11.6. The van der Waals surface area contributed by atoms with Crippen molar-refractivity contribution in [2.75, 3.05) is 0 Å². The van der Waals surface area contributed by atoms with E-state index in [4.69, 9.17) is 0 Å². The monoisotopic (exact) mass is 320 g/mol. The third-order valence-corrected chi connectivity index (χ3v) is 3.95. The second-order valence-corrected chi connectivity index (χ2v) is 5.58. The predicted octanol–water partition coefficient (Wildman–Crippen LogP) is 2.84. The van der Waals surface area contributed by atoms with Gasteiger partial charge >= 0.3 is 0 Å². The second kappa shape index (κ2) is 5.49. The zero-order chi connectivity index (χ0) is 16.7. The summed E-state index contributed by atoms with van der Waals surface area (Å²) < 4.78 is 14.7. The molecule has 0 aliphatic heterocycles. The summed E-state index contributed by atoms with van der Waals surface area (Å²) in [5, 5.41) is 0.380. The molecule has 0 saturated heterocycles. The highest BCUT2D eigenvalue weighted by molar-refractivity contribution is 5.77. The van der Waals surface area contributed by atoms with E-state index < -0.39 is 5.82 Å². The Hall–Kier alpha value is -3.15. The molecule has 4 rings (SSSR count). The highest BCUT2D eigenvalue weighted by atomic mass is 19.1. The summed E-state index contributed by atoms with van der Waals surface area (Å²) in [6.07, 6.45) is 1.42. The van der Waals surface area contributed by atoms with Gasteiger partial charge in [0.1, 0.15) is 5.82 Å². The van der Waals surface area contributed by atoms with Gasteiger partial charge in [-0.15, -0.1) is 0 Å². The smallest absolute Gasteiger partial charge is 0.261 e. The van der Waals surface area contributed by atoms with Crippen LogP contribution in [0.25, 0.3) is 21.9 Å². The fourth-order valence-corrected chi connectivity index (χ4v) is 2.68. The SMILES string of the molecule is Cc1nc2ccccc2nc1Cn1cnc2cc(F)ccc2c1=O. The maximum absolute atomic E-state index is 13.2. The Bertz CT molecular complexity index is 1140. The van der Waals surface area contributed by atoms with Gasteiger partial charge in [0.15, 0.2) is 0 Å². The van der Waals surface area contributed by atoms with Crippen LogP contribution in [-0.2, 0) is 6.54 Å². The second-order valence-electron chi connectivity index (χ2n) is 5.58. The van der Waals surface area contributed by atoms with Crippen molar-refractivity contribution in [1.29, 1.82) is 0 Å². The molecule has 0 saturated carbocycles. The van der Waals surface area contributed by atoms with Crippen LogP contribution < -0.4 is 5.56 Å².